The van der Waals surface area contributed by atoms with Gasteiger partial charge in [0, 0.05) is 37.3 Å². The molecule has 5 aliphatic rings. The van der Waals surface area contributed by atoms with Crippen molar-refractivity contribution in [3.8, 4) is 0 Å². The van der Waals surface area contributed by atoms with Crippen LogP contribution >= 0.6 is 0 Å². The van der Waals surface area contributed by atoms with Gasteiger partial charge in [-0.05, 0) is 94.4 Å². The predicted molar refractivity (Wildman–Crippen MR) is 150 cm³/mol. The highest BCUT2D eigenvalue weighted by Crippen LogP contribution is 2.57. The molecule has 1 heterocycles. The smallest absolute Gasteiger partial charge is 0.407 e. The van der Waals surface area contributed by atoms with Crippen LogP contribution in [-0.4, -0.2) is 72.5 Å². The second kappa shape index (κ2) is 11.9. The van der Waals surface area contributed by atoms with Gasteiger partial charge in [0.05, 0.1) is 19.8 Å². The zero-order chi connectivity index (χ0) is 30.1. The molecule has 4 saturated carbocycles. The summed E-state index contributed by atoms with van der Waals surface area (Å²) in [5, 5.41) is 12.4. The molecule has 2 atom stereocenters. The van der Waals surface area contributed by atoms with E-state index < -0.39 is 23.3 Å². The maximum Gasteiger partial charge on any atom is 0.407 e. The number of fused-ring (bicyclic) bond motifs is 1. The molecule has 0 spiro atoms. The molecule has 232 valence electrons. The molecule has 10 nitrogen and oxygen atoms in total. The van der Waals surface area contributed by atoms with Crippen LogP contribution in [0.2, 0.25) is 0 Å². The van der Waals surface area contributed by atoms with Crippen LogP contribution in [0.4, 0.5) is 18.4 Å². The lowest BCUT2D eigenvalue weighted by molar-refractivity contribution is -0.132. The van der Waals surface area contributed by atoms with E-state index in [2.05, 4.69) is 21.3 Å². The molecule has 42 heavy (non-hydrogen) atoms. The maximum absolute atomic E-state index is 13.6. The van der Waals surface area contributed by atoms with Gasteiger partial charge in [-0.3, -0.25) is 4.79 Å². The van der Waals surface area contributed by atoms with Crippen LogP contribution in [0.1, 0.15) is 70.4 Å². The number of urea groups is 1. The number of alkyl carbamates (subject to hydrolysis) is 1. The lowest BCUT2D eigenvalue weighted by Gasteiger charge is -2.62. The van der Waals surface area contributed by atoms with E-state index in [4.69, 9.17) is 9.47 Å². The first-order valence-electron chi connectivity index (χ1n) is 14.9. The van der Waals surface area contributed by atoms with Crippen LogP contribution < -0.4 is 21.3 Å². The Morgan fingerprint density at radius 3 is 2.10 bits per heavy atom. The molecular weight excluding hydrogens is 548 g/mol. The predicted octanol–water partition coefficient (Wildman–Crippen LogP) is 3.33. The Labute approximate surface area is 245 Å². The number of nitrogens with zero attached hydrogens (tertiary/aromatic N) is 1. The standard InChI is InChI=1S/C30H43F2N5O5/c1-28(2,3)42-27(40)34-5-7-41-6-4-33-26(39)36-30-13-19-8-20(14-30)12-29(11-19,18-30)35-15-25(38)37-16-21-9-23(31)24(32)10-22(21)17-37/h9-10,19-20,35H,4-8,11-18H2,1-3H3,(H,34,40)(H2,33,36,39). The molecule has 4 bridgehead atoms. The van der Waals surface area contributed by atoms with Crippen molar-refractivity contribution in [2.45, 2.75) is 89.1 Å². The van der Waals surface area contributed by atoms with Gasteiger partial charge in [0.2, 0.25) is 5.91 Å². The lowest BCUT2D eigenvalue weighted by Crippen LogP contribution is -2.70. The number of benzene rings is 1. The number of nitrogens with one attached hydrogen (secondary N) is 4. The summed E-state index contributed by atoms with van der Waals surface area (Å²) in [6, 6.07) is 2.13. The summed E-state index contributed by atoms with van der Waals surface area (Å²) in [4.78, 5) is 39.2. The number of carbonyl (C=O) groups is 3. The van der Waals surface area contributed by atoms with Crippen molar-refractivity contribution < 1.29 is 32.6 Å². The zero-order valence-corrected chi connectivity index (χ0v) is 24.7. The molecule has 0 aromatic heterocycles. The third-order valence-corrected chi connectivity index (χ3v) is 8.82. The largest absolute Gasteiger partial charge is 0.444 e. The number of hydrogen-bond donors (Lipinski definition) is 4. The Morgan fingerprint density at radius 1 is 0.929 bits per heavy atom. The number of rotatable bonds is 10. The van der Waals surface area contributed by atoms with Crippen molar-refractivity contribution in [3.05, 3.63) is 34.9 Å². The first-order valence-corrected chi connectivity index (χ1v) is 14.9. The van der Waals surface area contributed by atoms with Gasteiger partial charge in [0.1, 0.15) is 5.60 Å². The monoisotopic (exact) mass is 591 g/mol. The number of ether oxygens (including phenoxy) is 2. The van der Waals surface area contributed by atoms with E-state index in [-0.39, 0.29) is 42.7 Å². The van der Waals surface area contributed by atoms with Crippen LogP contribution in [0, 0.1) is 23.5 Å². The Kier molecular flexibility index (Phi) is 8.67. The Morgan fingerprint density at radius 2 is 1.50 bits per heavy atom. The quantitative estimate of drug-likeness (QED) is 0.310. The number of carbonyl (C=O) groups excluding carboxylic acids is 3. The van der Waals surface area contributed by atoms with E-state index in [1.54, 1.807) is 25.7 Å². The summed E-state index contributed by atoms with van der Waals surface area (Å²) in [6.45, 7) is 7.37. The Balaban J connectivity index is 1.05. The minimum Gasteiger partial charge on any atom is -0.444 e. The van der Waals surface area contributed by atoms with Crippen LogP contribution in [-0.2, 0) is 27.4 Å². The number of hydrogen-bond acceptors (Lipinski definition) is 6. The fraction of sp³-hybridized carbons (Fsp3) is 0.700. The molecule has 6 rings (SSSR count). The van der Waals surface area contributed by atoms with Crippen molar-refractivity contribution in [2.75, 3.05) is 32.8 Å². The molecule has 0 radical (unpaired) electrons. The molecule has 12 heteroatoms. The van der Waals surface area contributed by atoms with Crippen molar-refractivity contribution in [3.63, 3.8) is 0 Å². The SMILES string of the molecule is CC(C)(C)OC(=O)NCCOCCNC(=O)NC12CC3CC(CC(NCC(=O)N4Cc5cc(F)c(F)cc5C4)(C3)C1)C2. The molecule has 4 amide bonds. The molecule has 0 saturated heterocycles. The van der Waals surface area contributed by atoms with Crippen LogP contribution in [0.5, 0.6) is 0 Å². The van der Waals surface area contributed by atoms with Gasteiger partial charge in [-0.1, -0.05) is 0 Å². The van der Waals surface area contributed by atoms with E-state index >= 15 is 0 Å². The molecule has 4 aliphatic carbocycles. The zero-order valence-electron chi connectivity index (χ0n) is 24.7. The van der Waals surface area contributed by atoms with Gasteiger partial charge in [0.25, 0.3) is 0 Å². The highest BCUT2D eigenvalue weighted by molar-refractivity contribution is 5.79. The Hall–Kier alpha value is -2.99. The molecule has 4 fully saturated rings. The van der Waals surface area contributed by atoms with Crippen LogP contribution in [0.25, 0.3) is 0 Å². The van der Waals surface area contributed by atoms with Crippen molar-refractivity contribution in [1.82, 2.24) is 26.2 Å². The molecule has 2 unspecified atom stereocenters. The highest BCUT2D eigenvalue weighted by atomic mass is 19.2. The molecule has 1 aromatic rings. The Bertz CT molecular complexity index is 1160. The molecule has 4 N–H and O–H groups in total. The summed E-state index contributed by atoms with van der Waals surface area (Å²) < 4.78 is 38.0. The summed E-state index contributed by atoms with van der Waals surface area (Å²) in [7, 11) is 0. The molecular formula is C30H43F2N5O5. The van der Waals surface area contributed by atoms with E-state index in [9.17, 15) is 23.2 Å². The molecule has 1 aromatic carbocycles. The minimum absolute atomic E-state index is 0.0937. The van der Waals surface area contributed by atoms with Crippen LogP contribution in [0.3, 0.4) is 0 Å². The minimum atomic E-state index is -0.892. The summed E-state index contributed by atoms with van der Waals surface area (Å²) in [5.41, 5.74) is 0.199. The summed E-state index contributed by atoms with van der Waals surface area (Å²) >= 11 is 0. The summed E-state index contributed by atoms with van der Waals surface area (Å²) in [6.07, 6.45) is 5.22. The fourth-order valence-electron chi connectivity index (χ4n) is 7.72. The topological polar surface area (TPSA) is 121 Å². The van der Waals surface area contributed by atoms with Gasteiger partial charge in [0.15, 0.2) is 11.6 Å². The first-order chi connectivity index (χ1) is 19.8. The highest BCUT2D eigenvalue weighted by Gasteiger charge is 2.58. The average Bonchev–Trinajstić information content (AvgIpc) is 3.27. The van der Waals surface area contributed by atoms with Gasteiger partial charge in [-0.2, -0.15) is 0 Å². The maximum atomic E-state index is 13.6. The fourth-order valence-corrected chi connectivity index (χ4v) is 7.72. The first kappa shape index (κ1) is 30.5. The van der Waals surface area contributed by atoms with Crippen LogP contribution in [0.15, 0.2) is 12.1 Å². The second-order valence-electron chi connectivity index (χ2n) is 13.6. The normalized spacial score (nSPS) is 27.5. The summed E-state index contributed by atoms with van der Waals surface area (Å²) in [5.74, 6) is -0.911. The lowest BCUT2D eigenvalue weighted by atomic mass is 9.50. The molecule has 1 aliphatic heterocycles. The third-order valence-electron chi connectivity index (χ3n) is 8.82. The average molecular weight is 592 g/mol. The van der Waals surface area contributed by atoms with E-state index in [1.807, 2.05) is 0 Å². The van der Waals surface area contributed by atoms with E-state index in [0.717, 1.165) is 38.5 Å². The number of amides is 4. The van der Waals surface area contributed by atoms with Crippen molar-refractivity contribution in [1.29, 1.82) is 0 Å². The van der Waals surface area contributed by atoms with Crippen molar-refractivity contribution in [2.24, 2.45) is 11.8 Å². The van der Waals surface area contributed by atoms with E-state index in [0.29, 0.717) is 49.3 Å². The van der Waals surface area contributed by atoms with E-state index in [1.165, 1.54) is 12.1 Å². The van der Waals surface area contributed by atoms with Gasteiger partial charge in [-0.25, -0.2) is 18.4 Å². The third kappa shape index (κ3) is 7.31. The van der Waals surface area contributed by atoms with Gasteiger partial charge in [-0.15, -0.1) is 0 Å². The number of halogens is 2. The van der Waals surface area contributed by atoms with Gasteiger partial charge < -0.3 is 35.6 Å². The van der Waals surface area contributed by atoms with Crippen molar-refractivity contribution >= 4 is 18.0 Å². The second-order valence-corrected chi connectivity index (χ2v) is 13.6. The van der Waals surface area contributed by atoms with Gasteiger partial charge >= 0.3 is 12.1 Å².